The summed E-state index contributed by atoms with van der Waals surface area (Å²) in [7, 11) is -4.44. The van der Waals surface area contributed by atoms with Crippen LogP contribution in [0.3, 0.4) is 0 Å². The first-order valence-electron chi connectivity index (χ1n) is 21.1. The molecule has 0 aliphatic heterocycles. The van der Waals surface area contributed by atoms with Gasteiger partial charge in [0.15, 0.2) is 11.6 Å². The first-order chi connectivity index (χ1) is 29.3. The van der Waals surface area contributed by atoms with Gasteiger partial charge in [-0.25, -0.2) is 0 Å². The summed E-state index contributed by atoms with van der Waals surface area (Å²) >= 11 is 0. The van der Waals surface area contributed by atoms with Gasteiger partial charge >= 0.3 is 5.97 Å². The molecule has 0 saturated heterocycles. The maximum absolute atomic E-state index is 15.4. The van der Waals surface area contributed by atoms with E-state index in [4.69, 9.17) is 9.47 Å². The van der Waals surface area contributed by atoms with E-state index in [9.17, 15) is 24.0 Å². The summed E-state index contributed by atoms with van der Waals surface area (Å²) in [5.41, 5.74) is 5.56. The Hall–Kier alpha value is -5.92. The number of hydrogen-bond donors (Lipinski definition) is 1. The molecule has 1 aliphatic rings. The third-order valence-electron chi connectivity index (χ3n) is 11.9. The van der Waals surface area contributed by atoms with Crippen molar-refractivity contribution in [2.24, 2.45) is 11.3 Å². The number of nitrogens with one attached hydrogen (secondary N) is 1. The van der Waals surface area contributed by atoms with Crippen molar-refractivity contribution in [1.29, 1.82) is 0 Å². The van der Waals surface area contributed by atoms with Crippen molar-refractivity contribution < 1.29 is 38.0 Å². The molecule has 0 heterocycles. The van der Waals surface area contributed by atoms with E-state index in [0.29, 0.717) is 92.9 Å². The summed E-state index contributed by atoms with van der Waals surface area (Å²) in [6.45, 7) is 17.8. The molecule has 1 atom stereocenters. The molecule has 10 heteroatoms. The van der Waals surface area contributed by atoms with Crippen LogP contribution < -0.4 is 15.4 Å². The number of anilines is 1. The predicted molar refractivity (Wildman–Crippen MR) is 245 cm³/mol. The molecule has 0 bridgehead atoms. The molecule has 5 aromatic rings. The fraction of sp³-hybridized carbons (Fsp3) is 0.327. The van der Waals surface area contributed by atoms with Gasteiger partial charge < -0.3 is 19.4 Å². The SMILES string of the molecule is Cc1cc(C)c(C(=O)P(=O)(C(=O)c2c(C)cc(C)cc2C)c2cccc(OCCC(C)(C)CCC(C)C(=O)OCCNc3cccc4c3C(=O)c3ccccc3C4=O)c2)c(C)c1. The standard InChI is InChI=1S/C52H56NO8P/c1-31-26-34(4)44(35(5)27-31)50(57)62(59,51(58)45-36(6)28-32(2)29-37(45)7)39-15-12-14-38(30-39)60-24-22-52(8,9)21-20-33(3)49(56)61-25-23-53-43-19-13-18-42-46(43)48(55)41-17-11-10-16-40(41)47(42)54/h10-19,26-30,33,53H,20-25H2,1-9H3. The van der Waals surface area contributed by atoms with Gasteiger partial charge in [-0.2, -0.15) is 0 Å². The number of fused-ring (bicyclic) bond motifs is 2. The first kappa shape index (κ1) is 45.6. The van der Waals surface area contributed by atoms with Crippen LogP contribution in [0.2, 0.25) is 0 Å². The average Bonchev–Trinajstić information content (AvgIpc) is 3.22. The zero-order valence-electron chi connectivity index (χ0n) is 37.2. The highest BCUT2D eigenvalue weighted by Crippen LogP contribution is 2.53. The highest BCUT2D eigenvalue weighted by molar-refractivity contribution is 8.01. The van der Waals surface area contributed by atoms with E-state index >= 15 is 4.57 Å². The van der Waals surface area contributed by atoms with Crippen LogP contribution in [0.4, 0.5) is 5.69 Å². The predicted octanol–water partition coefficient (Wildman–Crippen LogP) is 10.8. The molecule has 1 unspecified atom stereocenters. The Bertz CT molecular complexity index is 2540. The Labute approximate surface area is 365 Å². The third kappa shape index (κ3) is 9.44. The molecule has 0 saturated carbocycles. The molecule has 0 amide bonds. The first-order valence-corrected chi connectivity index (χ1v) is 22.9. The Morgan fingerprint density at radius 1 is 0.661 bits per heavy atom. The van der Waals surface area contributed by atoms with Gasteiger partial charge in [0.25, 0.3) is 0 Å². The molecule has 322 valence electrons. The minimum Gasteiger partial charge on any atom is -0.494 e. The highest BCUT2D eigenvalue weighted by Gasteiger charge is 2.45. The normalized spacial score (nSPS) is 12.9. The van der Waals surface area contributed by atoms with Crippen LogP contribution in [0.25, 0.3) is 0 Å². The molecule has 0 fully saturated rings. The van der Waals surface area contributed by atoms with Crippen molar-refractivity contribution in [1.82, 2.24) is 0 Å². The molecule has 1 aliphatic carbocycles. The lowest BCUT2D eigenvalue weighted by Crippen LogP contribution is -2.24. The number of rotatable bonds is 17. The highest BCUT2D eigenvalue weighted by atomic mass is 31.2. The van der Waals surface area contributed by atoms with Gasteiger partial charge in [0.2, 0.25) is 18.2 Å². The molecule has 1 N–H and O–H groups in total. The van der Waals surface area contributed by atoms with Gasteiger partial charge in [-0.05, 0) is 107 Å². The van der Waals surface area contributed by atoms with Gasteiger partial charge in [-0.1, -0.05) is 105 Å². The lowest BCUT2D eigenvalue weighted by Gasteiger charge is -2.26. The zero-order valence-corrected chi connectivity index (χ0v) is 38.1. The number of carbonyl (C=O) groups is 5. The van der Waals surface area contributed by atoms with Crippen LogP contribution in [-0.4, -0.2) is 48.3 Å². The Morgan fingerprint density at radius 3 is 1.77 bits per heavy atom. The van der Waals surface area contributed by atoms with E-state index in [1.54, 1.807) is 94.4 Å². The van der Waals surface area contributed by atoms with Crippen molar-refractivity contribution in [2.45, 2.75) is 81.6 Å². The summed E-state index contributed by atoms with van der Waals surface area (Å²) in [6.07, 6.45) is 1.93. The number of hydrogen-bond acceptors (Lipinski definition) is 9. The summed E-state index contributed by atoms with van der Waals surface area (Å²) in [5, 5.41) is 3.31. The van der Waals surface area contributed by atoms with Crippen molar-refractivity contribution in [3.63, 3.8) is 0 Å². The molecular weight excluding hydrogens is 798 g/mol. The molecule has 5 aromatic carbocycles. The third-order valence-corrected chi connectivity index (χ3v) is 14.4. The number of aryl methyl sites for hydroxylation is 6. The lowest BCUT2D eigenvalue weighted by molar-refractivity contribution is -0.147. The van der Waals surface area contributed by atoms with E-state index < -0.39 is 18.2 Å². The van der Waals surface area contributed by atoms with Gasteiger partial charge in [0.05, 0.1) is 18.1 Å². The van der Waals surface area contributed by atoms with Crippen LogP contribution in [0.1, 0.15) is 126 Å². The second-order valence-corrected chi connectivity index (χ2v) is 20.0. The second kappa shape index (κ2) is 18.6. The Balaban J connectivity index is 1.06. The number of esters is 1. The van der Waals surface area contributed by atoms with Crippen LogP contribution in [0.15, 0.2) is 91.0 Å². The van der Waals surface area contributed by atoms with Crippen LogP contribution in [0, 0.1) is 52.9 Å². The zero-order chi connectivity index (χ0) is 45.1. The number of ether oxygens (including phenoxy) is 2. The Kier molecular flexibility index (Phi) is 13.7. The van der Waals surface area contributed by atoms with E-state index in [1.165, 1.54) is 0 Å². The van der Waals surface area contributed by atoms with Gasteiger partial charge in [-0.15, -0.1) is 0 Å². The minimum absolute atomic E-state index is 0.0838. The molecule has 6 rings (SSSR count). The smallest absolute Gasteiger partial charge is 0.308 e. The number of ketones is 2. The molecule has 0 radical (unpaired) electrons. The second-order valence-electron chi connectivity index (χ2n) is 17.5. The quantitative estimate of drug-likeness (QED) is 0.0541. The van der Waals surface area contributed by atoms with Crippen molar-refractivity contribution in [2.75, 3.05) is 25.1 Å². The molecular formula is C52H56NO8P. The fourth-order valence-electron chi connectivity index (χ4n) is 8.51. The minimum atomic E-state index is -4.44. The van der Waals surface area contributed by atoms with Gasteiger partial charge in [0, 0.05) is 45.4 Å². The van der Waals surface area contributed by atoms with E-state index in [-0.39, 0.29) is 47.3 Å². The summed E-state index contributed by atoms with van der Waals surface area (Å²) < 4.78 is 27.2. The van der Waals surface area contributed by atoms with Crippen LogP contribution >= 0.6 is 7.14 Å². The Morgan fingerprint density at radius 2 is 1.19 bits per heavy atom. The van der Waals surface area contributed by atoms with Gasteiger partial charge in [-0.3, -0.25) is 24.0 Å². The van der Waals surface area contributed by atoms with E-state index in [2.05, 4.69) is 19.2 Å². The van der Waals surface area contributed by atoms with E-state index in [1.807, 2.05) is 45.0 Å². The van der Waals surface area contributed by atoms with Crippen LogP contribution in [0.5, 0.6) is 5.75 Å². The largest absolute Gasteiger partial charge is 0.494 e. The summed E-state index contributed by atoms with van der Waals surface area (Å²) in [6, 6.07) is 25.9. The summed E-state index contributed by atoms with van der Waals surface area (Å²) in [5.74, 6) is -0.707. The van der Waals surface area contributed by atoms with Crippen molar-refractivity contribution in [3.05, 3.63) is 158 Å². The fourth-order valence-corrected chi connectivity index (χ4v) is 11.1. The monoisotopic (exact) mass is 853 g/mol. The molecule has 0 aromatic heterocycles. The van der Waals surface area contributed by atoms with Crippen LogP contribution in [-0.2, 0) is 14.1 Å². The number of carbonyl (C=O) groups excluding carboxylic acids is 5. The summed E-state index contributed by atoms with van der Waals surface area (Å²) in [4.78, 5) is 68.6. The number of benzene rings is 5. The molecule has 9 nitrogen and oxygen atoms in total. The topological polar surface area (TPSA) is 133 Å². The van der Waals surface area contributed by atoms with E-state index in [0.717, 1.165) is 11.1 Å². The van der Waals surface area contributed by atoms with Gasteiger partial charge in [0.1, 0.15) is 12.4 Å². The maximum Gasteiger partial charge on any atom is 0.308 e. The molecule has 62 heavy (non-hydrogen) atoms. The maximum atomic E-state index is 15.4. The lowest BCUT2D eigenvalue weighted by atomic mass is 9.82. The van der Waals surface area contributed by atoms with Crippen molar-refractivity contribution >= 4 is 46.7 Å². The molecule has 0 spiro atoms. The van der Waals surface area contributed by atoms with Crippen molar-refractivity contribution in [3.8, 4) is 5.75 Å². The average molecular weight is 854 g/mol.